The van der Waals surface area contributed by atoms with Crippen LogP contribution in [0.5, 0.6) is 5.75 Å². The third-order valence-corrected chi connectivity index (χ3v) is 3.41. The second-order valence-corrected chi connectivity index (χ2v) is 6.07. The van der Waals surface area contributed by atoms with Crippen LogP contribution < -0.4 is 4.74 Å². The zero-order chi connectivity index (χ0) is 12.5. The molecule has 17 heavy (non-hydrogen) atoms. The second-order valence-electron chi connectivity index (χ2n) is 6.07. The van der Waals surface area contributed by atoms with Gasteiger partial charge in [0.2, 0.25) is 0 Å². The minimum absolute atomic E-state index is 0.306. The summed E-state index contributed by atoms with van der Waals surface area (Å²) >= 11 is 0. The van der Waals surface area contributed by atoms with Gasteiger partial charge in [-0.3, -0.25) is 4.90 Å². The summed E-state index contributed by atoms with van der Waals surface area (Å²) in [5.41, 5.74) is 1.58. The van der Waals surface area contributed by atoms with Crippen molar-refractivity contribution in [2.75, 3.05) is 19.7 Å². The van der Waals surface area contributed by atoms with E-state index in [4.69, 9.17) is 4.74 Å². The monoisotopic (exact) mass is 233 g/mol. The molecule has 2 heteroatoms. The van der Waals surface area contributed by atoms with Crippen LogP contribution in [0.15, 0.2) is 24.3 Å². The van der Waals surface area contributed by atoms with E-state index < -0.39 is 0 Å². The smallest absolute Gasteiger partial charge is 0.119 e. The molecule has 1 aromatic carbocycles. The molecule has 1 heterocycles. The van der Waals surface area contributed by atoms with E-state index in [0.29, 0.717) is 11.5 Å². The van der Waals surface area contributed by atoms with Gasteiger partial charge < -0.3 is 4.74 Å². The zero-order valence-corrected chi connectivity index (χ0v) is 11.4. The van der Waals surface area contributed by atoms with E-state index in [0.717, 1.165) is 25.4 Å². The SMILES string of the molecule is Cc1ccc(OCC2CN(C(C)(C)C)C2)cc1. The highest BCUT2D eigenvalue weighted by atomic mass is 16.5. The summed E-state index contributed by atoms with van der Waals surface area (Å²) in [6.45, 7) is 12.1. The predicted octanol–water partition coefficient (Wildman–Crippen LogP) is 3.10. The maximum atomic E-state index is 5.80. The van der Waals surface area contributed by atoms with Gasteiger partial charge in [0.05, 0.1) is 6.61 Å². The molecule has 0 saturated carbocycles. The van der Waals surface area contributed by atoms with Gasteiger partial charge >= 0.3 is 0 Å². The van der Waals surface area contributed by atoms with Gasteiger partial charge in [0, 0.05) is 24.5 Å². The Morgan fingerprint density at radius 2 is 1.76 bits per heavy atom. The number of nitrogens with zero attached hydrogens (tertiary/aromatic N) is 1. The molecule has 1 aliphatic rings. The van der Waals surface area contributed by atoms with Crippen LogP contribution in [0.4, 0.5) is 0 Å². The van der Waals surface area contributed by atoms with Gasteiger partial charge in [-0.15, -0.1) is 0 Å². The van der Waals surface area contributed by atoms with Crippen molar-refractivity contribution in [2.24, 2.45) is 5.92 Å². The largest absolute Gasteiger partial charge is 0.493 e. The molecule has 0 bridgehead atoms. The van der Waals surface area contributed by atoms with Crippen LogP contribution in [0.3, 0.4) is 0 Å². The molecule has 0 spiro atoms. The van der Waals surface area contributed by atoms with E-state index >= 15 is 0 Å². The van der Waals surface area contributed by atoms with Crippen molar-refractivity contribution in [3.8, 4) is 5.75 Å². The number of hydrogen-bond donors (Lipinski definition) is 0. The fourth-order valence-electron chi connectivity index (χ4n) is 2.07. The molecule has 1 saturated heterocycles. The Labute approximate surface area is 105 Å². The third kappa shape index (κ3) is 3.22. The minimum Gasteiger partial charge on any atom is -0.493 e. The summed E-state index contributed by atoms with van der Waals surface area (Å²) in [7, 11) is 0. The molecular formula is C15H23NO. The van der Waals surface area contributed by atoms with Crippen molar-refractivity contribution in [2.45, 2.75) is 33.2 Å². The molecule has 0 atom stereocenters. The number of ether oxygens (including phenoxy) is 1. The average molecular weight is 233 g/mol. The molecule has 2 nitrogen and oxygen atoms in total. The van der Waals surface area contributed by atoms with Gasteiger partial charge in [0.1, 0.15) is 5.75 Å². The maximum absolute atomic E-state index is 5.80. The van der Waals surface area contributed by atoms with Gasteiger partial charge in [-0.05, 0) is 39.8 Å². The van der Waals surface area contributed by atoms with Crippen LogP contribution >= 0.6 is 0 Å². The van der Waals surface area contributed by atoms with Gasteiger partial charge in [-0.1, -0.05) is 17.7 Å². The number of rotatable bonds is 3. The van der Waals surface area contributed by atoms with Gasteiger partial charge in [0.25, 0.3) is 0 Å². The maximum Gasteiger partial charge on any atom is 0.119 e. The number of aryl methyl sites for hydroxylation is 1. The Morgan fingerprint density at radius 3 is 2.29 bits per heavy atom. The van der Waals surface area contributed by atoms with E-state index in [2.05, 4.69) is 56.9 Å². The molecule has 1 aromatic rings. The van der Waals surface area contributed by atoms with Gasteiger partial charge in [-0.2, -0.15) is 0 Å². The lowest BCUT2D eigenvalue weighted by atomic mass is 9.93. The van der Waals surface area contributed by atoms with Crippen LogP contribution in [0.25, 0.3) is 0 Å². The first-order valence-electron chi connectivity index (χ1n) is 6.39. The Balaban J connectivity index is 1.73. The minimum atomic E-state index is 0.306. The first kappa shape index (κ1) is 12.4. The van der Waals surface area contributed by atoms with E-state index in [1.54, 1.807) is 0 Å². The molecule has 2 rings (SSSR count). The van der Waals surface area contributed by atoms with Crippen molar-refractivity contribution < 1.29 is 4.74 Å². The molecule has 94 valence electrons. The van der Waals surface area contributed by atoms with Gasteiger partial charge in [0.15, 0.2) is 0 Å². The summed E-state index contributed by atoms with van der Waals surface area (Å²) in [6, 6.07) is 8.29. The molecule has 0 unspecified atom stereocenters. The molecule has 0 N–H and O–H groups in total. The number of hydrogen-bond acceptors (Lipinski definition) is 2. The Bertz CT molecular complexity index is 358. The van der Waals surface area contributed by atoms with E-state index in [1.165, 1.54) is 5.56 Å². The van der Waals surface area contributed by atoms with E-state index in [1.807, 2.05) is 0 Å². The first-order chi connectivity index (χ1) is 7.95. The van der Waals surface area contributed by atoms with Crippen LogP contribution in [0, 0.1) is 12.8 Å². The van der Waals surface area contributed by atoms with E-state index in [9.17, 15) is 0 Å². The summed E-state index contributed by atoms with van der Waals surface area (Å²) in [5, 5.41) is 0. The summed E-state index contributed by atoms with van der Waals surface area (Å²) < 4.78 is 5.80. The van der Waals surface area contributed by atoms with Crippen molar-refractivity contribution in [1.82, 2.24) is 4.90 Å². The molecular weight excluding hydrogens is 210 g/mol. The molecule has 0 aromatic heterocycles. The summed E-state index contributed by atoms with van der Waals surface area (Å²) in [5.74, 6) is 1.68. The topological polar surface area (TPSA) is 12.5 Å². The Kier molecular flexibility index (Phi) is 3.43. The molecule has 1 fully saturated rings. The fourth-order valence-corrected chi connectivity index (χ4v) is 2.07. The van der Waals surface area contributed by atoms with Gasteiger partial charge in [-0.25, -0.2) is 0 Å². The van der Waals surface area contributed by atoms with Crippen molar-refractivity contribution in [3.63, 3.8) is 0 Å². The molecule has 0 amide bonds. The normalized spacial score (nSPS) is 17.9. The lowest BCUT2D eigenvalue weighted by Crippen LogP contribution is -2.57. The lowest BCUT2D eigenvalue weighted by molar-refractivity contribution is -0.00584. The molecule has 0 aliphatic carbocycles. The third-order valence-electron chi connectivity index (χ3n) is 3.41. The fraction of sp³-hybridized carbons (Fsp3) is 0.600. The van der Waals surface area contributed by atoms with Crippen molar-refractivity contribution >= 4 is 0 Å². The Morgan fingerprint density at radius 1 is 1.18 bits per heavy atom. The van der Waals surface area contributed by atoms with Crippen LogP contribution in [0.2, 0.25) is 0 Å². The quantitative estimate of drug-likeness (QED) is 0.795. The van der Waals surface area contributed by atoms with Crippen LogP contribution in [0.1, 0.15) is 26.3 Å². The highest BCUT2D eigenvalue weighted by Gasteiger charge is 2.34. The van der Waals surface area contributed by atoms with Crippen LogP contribution in [-0.2, 0) is 0 Å². The highest BCUT2D eigenvalue weighted by Crippen LogP contribution is 2.25. The summed E-state index contributed by atoms with van der Waals surface area (Å²) in [6.07, 6.45) is 0. The average Bonchev–Trinajstić information content (AvgIpc) is 2.16. The number of likely N-dealkylation sites (tertiary alicyclic amines) is 1. The number of benzene rings is 1. The van der Waals surface area contributed by atoms with Crippen molar-refractivity contribution in [1.29, 1.82) is 0 Å². The second kappa shape index (κ2) is 4.69. The Hall–Kier alpha value is -1.02. The molecule has 0 radical (unpaired) electrons. The zero-order valence-electron chi connectivity index (χ0n) is 11.4. The van der Waals surface area contributed by atoms with E-state index in [-0.39, 0.29) is 0 Å². The lowest BCUT2D eigenvalue weighted by Gasteiger charge is -2.47. The first-order valence-corrected chi connectivity index (χ1v) is 6.39. The molecule has 1 aliphatic heterocycles. The van der Waals surface area contributed by atoms with Crippen molar-refractivity contribution in [3.05, 3.63) is 29.8 Å². The predicted molar refractivity (Wildman–Crippen MR) is 71.5 cm³/mol. The standard InChI is InChI=1S/C15H23NO/c1-12-5-7-14(8-6-12)17-11-13-9-16(10-13)15(2,3)4/h5-8,13H,9-11H2,1-4H3. The summed E-state index contributed by atoms with van der Waals surface area (Å²) in [4.78, 5) is 2.50. The van der Waals surface area contributed by atoms with Crippen LogP contribution in [-0.4, -0.2) is 30.1 Å². The highest BCUT2D eigenvalue weighted by molar-refractivity contribution is 5.26.